The summed E-state index contributed by atoms with van der Waals surface area (Å²) >= 11 is 0. The van der Waals surface area contributed by atoms with Gasteiger partial charge in [0.05, 0.1) is 23.2 Å². The van der Waals surface area contributed by atoms with Crippen LogP contribution in [0.1, 0.15) is 52.9 Å². The van der Waals surface area contributed by atoms with Gasteiger partial charge in [-0.25, -0.2) is 4.79 Å². The Labute approximate surface area is 177 Å². The van der Waals surface area contributed by atoms with Crippen molar-refractivity contribution in [2.45, 2.75) is 50.6 Å². The minimum absolute atomic E-state index is 0.117. The maximum absolute atomic E-state index is 13.0. The van der Waals surface area contributed by atoms with E-state index < -0.39 is 17.7 Å². The second-order valence-corrected chi connectivity index (χ2v) is 8.34. The van der Waals surface area contributed by atoms with Gasteiger partial charge in [-0.05, 0) is 61.1 Å². The molecule has 2 aromatic carbocycles. The number of amides is 1. The van der Waals surface area contributed by atoms with Gasteiger partial charge in [0.2, 0.25) is 5.91 Å². The van der Waals surface area contributed by atoms with Crippen LogP contribution in [0.3, 0.4) is 0 Å². The molecule has 1 saturated carbocycles. The molecule has 0 aromatic heterocycles. The first-order valence-corrected chi connectivity index (χ1v) is 10.2. The summed E-state index contributed by atoms with van der Waals surface area (Å²) in [6.45, 7) is 2.27. The van der Waals surface area contributed by atoms with Crippen molar-refractivity contribution in [2.75, 3.05) is 0 Å². The van der Waals surface area contributed by atoms with Gasteiger partial charge in [0.15, 0.2) is 0 Å². The number of nitrogens with one attached hydrogen (secondary N) is 1. The van der Waals surface area contributed by atoms with Gasteiger partial charge in [-0.15, -0.1) is 0 Å². The number of carbonyl (C=O) groups excluding carboxylic acids is 1. The quantitative estimate of drug-likeness (QED) is 0.716. The molecule has 2 aliphatic rings. The Morgan fingerprint density at radius 3 is 2.32 bits per heavy atom. The summed E-state index contributed by atoms with van der Waals surface area (Å²) < 4.78 is 38.4. The van der Waals surface area contributed by atoms with Crippen LogP contribution in [-0.4, -0.2) is 34.0 Å². The molecule has 8 heteroatoms. The van der Waals surface area contributed by atoms with E-state index in [0.29, 0.717) is 18.5 Å². The van der Waals surface area contributed by atoms with E-state index in [-0.39, 0.29) is 23.6 Å². The van der Waals surface area contributed by atoms with E-state index in [1.807, 2.05) is 6.92 Å². The minimum Gasteiger partial charge on any atom is -0.478 e. The standard InChI is InChI=1S/C23H23F3N2O3/c1-13(15-4-6-16(7-5-15)22(30)31)27-21(29)20-11-17-10-19(17)28(20)12-14-2-8-18(9-3-14)23(24,25)26/h2-9,13,17,19-20H,10-12H2,1H3,(H,27,29)(H,30,31). The molecule has 1 heterocycles. The lowest BCUT2D eigenvalue weighted by Gasteiger charge is -2.28. The topological polar surface area (TPSA) is 69.6 Å². The van der Waals surface area contributed by atoms with Crippen LogP contribution in [-0.2, 0) is 17.5 Å². The van der Waals surface area contributed by atoms with Gasteiger partial charge in [-0.1, -0.05) is 24.3 Å². The van der Waals surface area contributed by atoms with Crippen molar-refractivity contribution < 1.29 is 27.9 Å². The summed E-state index contributed by atoms with van der Waals surface area (Å²) in [5.74, 6) is -0.670. The van der Waals surface area contributed by atoms with Crippen LogP contribution in [0.2, 0.25) is 0 Å². The van der Waals surface area contributed by atoms with Gasteiger partial charge in [0.1, 0.15) is 0 Å². The second kappa shape index (κ2) is 8.00. The number of hydrogen-bond acceptors (Lipinski definition) is 3. The highest BCUT2D eigenvalue weighted by atomic mass is 19.4. The molecular weight excluding hydrogens is 409 g/mol. The van der Waals surface area contributed by atoms with E-state index >= 15 is 0 Å². The lowest BCUT2D eigenvalue weighted by Crippen LogP contribution is -2.45. The highest BCUT2D eigenvalue weighted by Crippen LogP contribution is 2.48. The van der Waals surface area contributed by atoms with Crippen LogP contribution in [0, 0.1) is 5.92 Å². The summed E-state index contributed by atoms with van der Waals surface area (Å²) in [7, 11) is 0. The van der Waals surface area contributed by atoms with Crippen LogP contribution < -0.4 is 5.32 Å². The van der Waals surface area contributed by atoms with E-state index in [1.54, 1.807) is 12.1 Å². The van der Waals surface area contributed by atoms with Crippen molar-refractivity contribution in [3.05, 3.63) is 70.8 Å². The Morgan fingerprint density at radius 1 is 1.10 bits per heavy atom. The molecule has 1 saturated heterocycles. The Balaban J connectivity index is 1.41. The third-order valence-corrected chi connectivity index (χ3v) is 6.20. The fraction of sp³-hybridized carbons (Fsp3) is 0.391. The van der Waals surface area contributed by atoms with Crippen LogP contribution >= 0.6 is 0 Å². The largest absolute Gasteiger partial charge is 0.478 e. The fourth-order valence-corrected chi connectivity index (χ4v) is 4.35. The smallest absolute Gasteiger partial charge is 0.416 e. The minimum atomic E-state index is -4.37. The zero-order valence-electron chi connectivity index (χ0n) is 16.9. The number of rotatable bonds is 6. The molecule has 1 aliphatic carbocycles. The van der Waals surface area contributed by atoms with E-state index in [9.17, 15) is 22.8 Å². The summed E-state index contributed by atoms with van der Waals surface area (Å²) in [5, 5.41) is 12.0. The molecule has 0 radical (unpaired) electrons. The SMILES string of the molecule is CC(NC(=O)C1CC2CC2N1Cc1ccc(C(F)(F)F)cc1)c1ccc(C(=O)O)cc1. The highest BCUT2D eigenvalue weighted by Gasteiger charge is 2.53. The molecule has 31 heavy (non-hydrogen) atoms. The number of carbonyl (C=O) groups is 2. The van der Waals surface area contributed by atoms with E-state index in [2.05, 4.69) is 10.2 Å². The van der Waals surface area contributed by atoms with Crippen molar-refractivity contribution in [1.82, 2.24) is 10.2 Å². The molecule has 4 rings (SSSR count). The van der Waals surface area contributed by atoms with Crippen LogP contribution in [0.15, 0.2) is 48.5 Å². The first-order valence-electron chi connectivity index (χ1n) is 10.2. The number of nitrogens with zero attached hydrogens (tertiary/aromatic N) is 1. The number of likely N-dealkylation sites (tertiary alicyclic amines) is 1. The molecule has 5 nitrogen and oxygen atoms in total. The molecule has 1 amide bonds. The van der Waals surface area contributed by atoms with E-state index in [1.165, 1.54) is 24.3 Å². The number of benzene rings is 2. The average molecular weight is 432 g/mol. The number of halogens is 3. The van der Waals surface area contributed by atoms with Crippen molar-refractivity contribution in [3.63, 3.8) is 0 Å². The molecule has 2 aromatic rings. The molecular formula is C23H23F3N2O3. The Morgan fingerprint density at radius 2 is 1.74 bits per heavy atom. The normalized spacial score (nSPS) is 23.8. The van der Waals surface area contributed by atoms with Crippen molar-refractivity contribution in [3.8, 4) is 0 Å². The Bertz CT molecular complexity index is 973. The predicted molar refractivity (Wildman–Crippen MR) is 107 cm³/mol. The van der Waals surface area contributed by atoms with Gasteiger partial charge >= 0.3 is 12.1 Å². The van der Waals surface area contributed by atoms with E-state index in [4.69, 9.17) is 5.11 Å². The molecule has 164 valence electrons. The van der Waals surface area contributed by atoms with Gasteiger partial charge < -0.3 is 10.4 Å². The van der Waals surface area contributed by atoms with Crippen LogP contribution in [0.25, 0.3) is 0 Å². The zero-order chi connectivity index (χ0) is 22.3. The summed E-state index contributed by atoms with van der Waals surface area (Å²) in [4.78, 5) is 26.0. The highest BCUT2D eigenvalue weighted by molar-refractivity contribution is 5.87. The number of carboxylic acid groups (broad SMARTS) is 1. The lowest BCUT2D eigenvalue weighted by atomic mass is 10.0. The summed E-state index contributed by atoms with van der Waals surface area (Å²) in [5.41, 5.74) is 1.05. The number of piperidine rings is 1. The van der Waals surface area contributed by atoms with Crippen LogP contribution in [0.5, 0.6) is 0 Å². The summed E-state index contributed by atoms with van der Waals surface area (Å²) in [6, 6.07) is 11.1. The predicted octanol–water partition coefficient (Wildman–Crippen LogP) is 4.24. The number of carboxylic acids is 1. The molecule has 4 unspecified atom stereocenters. The number of fused-ring (bicyclic) bond motifs is 1. The number of aromatic carboxylic acids is 1. The first-order chi connectivity index (χ1) is 14.6. The maximum Gasteiger partial charge on any atom is 0.416 e. The van der Waals surface area contributed by atoms with Gasteiger partial charge in [-0.3, -0.25) is 9.69 Å². The second-order valence-electron chi connectivity index (χ2n) is 8.34. The average Bonchev–Trinajstić information content (AvgIpc) is 3.41. The molecule has 2 fully saturated rings. The Hall–Kier alpha value is -2.87. The monoisotopic (exact) mass is 432 g/mol. The third kappa shape index (κ3) is 4.58. The number of hydrogen-bond donors (Lipinski definition) is 2. The lowest BCUT2D eigenvalue weighted by molar-refractivity contribution is -0.137. The molecule has 4 atom stereocenters. The molecule has 0 spiro atoms. The fourth-order valence-electron chi connectivity index (χ4n) is 4.35. The van der Waals surface area contributed by atoms with Gasteiger partial charge in [0.25, 0.3) is 0 Å². The maximum atomic E-state index is 13.0. The number of alkyl halides is 3. The van der Waals surface area contributed by atoms with Crippen LogP contribution in [0.4, 0.5) is 13.2 Å². The van der Waals surface area contributed by atoms with Crippen molar-refractivity contribution in [2.24, 2.45) is 5.92 Å². The molecule has 0 bridgehead atoms. The Kier molecular flexibility index (Phi) is 5.51. The van der Waals surface area contributed by atoms with Crippen molar-refractivity contribution >= 4 is 11.9 Å². The van der Waals surface area contributed by atoms with E-state index in [0.717, 1.165) is 36.1 Å². The molecule has 1 aliphatic heterocycles. The van der Waals surface area contributed by atoms with Gasteiger partial charge in [-0.2, -0.15) is 13.2 Å². The van der Waals surface area contributed by atoms with Crippen molar-refractivity contribution in [1.29, 1.82) is 0 Å². The van der Waals surface area contributed by atoms with Gasteiger partial charge in [0, 0.05) is 12.6 Å². The first kappa shape index (κ1) is 21.4. The molecule has 2 N–H and O–H groups in total. The third-order valence-electron chi connectivity index (χ3n) is 6.20. The summed E-state index contributed by atoms with van der Waals surface area (Å²) in [6.07, 6.45) is -2.62. The zero-order valence-corrected chi connectivity index (χ0v) is 16.9.